The largest absolute Gasteiger partial charge is 0.497 e. The van der Waals surface area contributed by atoms with E-state index in [-0.39, 0.29) is 0 Å². The minimum absolute atomic E-state index is 0.345. The van der Waals surface area contributed by atoms with Crippen LogP contribution in [0.1, 0.15) is 45.1 Å². The minimum Gasteiger partial charge on any atom is -0.497 e. The average molecular weight is 340 g/mol. The molecule has 0 aliphatic heterocycles. The first-order chi connectivity index (χ1) is 9.62. The van der Waals surface area contributed by atoms with E-state index in [1.54, 1.807) is 7.11 Å². The van der Waals surface area contributed by atoms with Crippen LogP contribution in [0, 0.1) is 5.41 Å². The van der Waals surface area contributed by atoms with Gasteiger partial charge in [-0.15, -0.1) is 0 Å². The van der Waals surface area contributed by atoms with E-state index in [9.17, 15) is 0 Å². The molecule has 1 fully saturated rings. The number of methoxy groups -OCH3 is 1. The average Bonchev–Trinajstić information content (AvgIpc) is 3.30. The van der Waals surface area contributed by atoms with Crippen LogP contribution in [0.3, 0.4) is 0 Å². The van der Waals surface area contributed by atoms with Crippen molar-refractivity contribution in [2.45, 2.75) is 52.0 Å². The fourth-order valence-corrected chi connectivity index (χ4v) is 3.07. The van der Waals surface area contributed by atoms with Gasteiger partial charge in [-0.05, 0) is 61.3 Å². The van der Waals surface area contributed by atoms with Gasteiger partial charge in [0.1, 0.15) is 5.75 Å². The third kappa shape index (κ3) is 3.98. The molecular weight excluding hydrogens is 314 g/mol. The second-order valence-electron chi connectivity index (χ2n) is 6.00. The molecule has 0 saturated heterocycles. The fourth-order valence-electron chi connectivity index (χ4n) is 2.68. The lowest BCUT2D eigenvalue weighted by atomic mass is 9.77. The lowest BCUT2D eigenvalue weighted by Crippen LogP contribution is -2.36. The highest BCUT2D eigenvalue weighted by Crippen LogP contribution is 2.35. The van der Waals surface area contributed by atoms with Crippen molar-refractivity contribution in [2.24, 2.45) is 5.41 Å². The van der Waals surface area contributed by atoms with E-state index in [1.807, 2.05) is 6.07 Å². The number of ether oxygens (including phenoxy) is 1. The minimum atomic E-state index is 0.345. The highest BCUT2D eigenvalue weighted by atomic mass is 79.9. The van der Waals surface area contributed by atoms with Gasteiger partial charge in [0.05, 0.1) is 7.11 Å². The molecule has 1 aromatic carbocycles. The van der Waals surface area contributed by atoms with Crippen molar-refractivity contribution in [3.05, 3.63) is 28.2 Å². The van der Waals surface area contributed by atoms with Gasteiger partial charge in [0.2, 0.25) is 0 Å². The first-order valence-electron chi connectivity index (χ1n) is 7.68. The second-order valence-corrected chi connectivity index (χ2v) is 6.85. The smallest absolute Gasteiger partial charge is 0.119 e. The highest BCUT2D eigenvalue weighted by molar-refractivity contribution is 9.10. The molecule has 0 spiro atoms. The van der Waals surface area contributed by atoms with Crippen LogP contribution >= 0.6 is 15.9 Å². The first kappa shape index (κ1) is 15.8. The van der Waals surface area contributed by atoms with Crippen LogP contribution in [0.15, 0.2) is 22.7 Å². The molecule has 1 saturated carbocycles. The zero-order valence-electron chi connectivity index (χ0n) is 12.8. The van der Waals surface area contributed by atoms with E-state index in [1.165, 1.54) is 35.7 Å². The summed E-state index contributed by atoms with van der Waals surface area (Å²) < 4.78 is 6.55. The van der Waals surface area contributed by atoms with Crippen molar-refractivity contribution in [3.8, 4) is 5.75 Å². The normalized spacial score (nSPS) is 15.4. The van der Waals surface area contributed by atoms with Gasteiger partial charge in [-0.25, -0.2) is 0 Å². The Kier molecular flexibility index (Phi) is 5.50. The third-order valence-corrected chi connectivity index (χ3v) is 5.44. The predicted octanol–water partition coefficient (Wildman–Crippen LogP) is 4.56. The van der Waals surface area contributed by atoms with E-state index < -0.39 is 0 Å². The Labute approximate surface area is 131 Å². The first-order valence-corrected chi connectivity index (χ1v) is 8.47. The molecule has 0 unspecified atom stereocenters. The number of halogens is 1. The molecule has 112 valence electrons. The van der Waals surface area contributed by atoms with Gasteiger partial charge in [0.15, 0.2) is 0 Å². The topological polar surface area (TPSA) is 21.3 Å². The summed E-state index contributed by atoms with van der Waals surface area (Å²) in [6, 6.07) is 7.05. The zero-order chi connectivity index (χ0) is 14.6. The molecule has 1 N–H and O–H groups in total. The van der Waals surface area contributed by atoms with E-state index >= 15 is 0 Å². The van der Waals surface area contributed by atoms with E-state index in [0.717, 1.165) is 24.8 Å². The highest BCUT2D eigenvalue weighted by Gasteiger charge is 2.30. The summed E-state index contributed by atoms with van der Waals surface area (Å²) in [5.41, 5.74) is 1.70. The Morgan fingerprint density at radius 2 is 2.00 bits per heavy atom. The van der Waals surface area contributed by atoms with Gasteiger partial charge in [0, 0.05) is 17.1 Å². The number of rotatable bonds is 8. The molecule has 3 heteroatoms. The molecule has 20 heavy (non-hydrogen) atoms. The summed E-state index contributed by atoms with van der Waals surface area (Å²) in [5.74, 6) is 0.944. The van der Waals surface area contributed by atoms with Gasteiger partial charge in [0.25, 0.3) is 0 Å². The molecule has 0 heterocycles. The molecule has 0 amide bonds. The van der Waals surface area contributed by atoms with Gasteiger partial charge in [-0.2, -0.15) is 0 Å². The van der Waals surface area contributed by atoms with Crippen molar-refractivity contribution in [3.63, 3.8) is 0 Å². The maximum atomic E-state index is 5.36. The van der Waals surface area contributed by atoms with Crippen molar-refractivity contribution in [2.75, 3.05) is 13.7 Å². The molecule has 1 aromatic rings. The van der Waals surface area contributed by atoms with Crippen molar-refractivity contribution in [1.29, 1.82) is 0 Å². The van der Waals surface area contributed by atoms with Crippen LogP contribution in [0.25, 0.3) is 0 Å². The molecule has 2 nitrogen and oxygen atoms in total. The lowest BCUT2D eigenvalue weighted by molar-refractivity contribution is 0.245. The van der Waals surface area contributed by atoms with E-state index in [0.29, 0.717) is 5.41 Å². The van der Waals surface area contributed by atoms with Gasteiger partial charge in [-0.1, -0.05) is 29.8 Å². The fraction of sp³-hybridized carbons (Fsp3) is 0.647. The molecule has 1 aliphatic rings. The van der Waals surface area contributed by atoms with Gasteiger partial charge >= 0.3 is 0 Å². The Morgan fingerprint density at radius 1 is 1.30 bits per heavy atom. The van der Waals surface area contributed by atoms with Crippen LogP contribution in [-0.4, -0.2) is 19.7 Å². The summed E-state index contributed by atoms with van der Waals surface area (Å²) >= 11 is 3.69. The van der Waals surface area contributed by atoms with Crippen LogP contribution in [0.5, 0.6) is 5.75 Å². The van der Waals surface area contributed by atoms with Crippen LogP contribution in [0.4, 0.5) is 0 Å². The predicted molar refractivity (Wildman–Crippen MR) is 88.4 cm³/mol. The van der Waals surface area contributed by atoms with Crippen molar-refractivity contribution < 1.29 is 4.74 Å². The SMILES string of the molecule is CCC(CC)(CNC1CC1)Cc1cc(OC)ccc1Br. The summed E-state index contributed by atoms with van der Waals surface area (Å²) in [7, 11) is 1.73. The third-order valence-electron chi connectivity index (χ3n) is 4.66. The summed E-state index contributed by atoms with van der Waals surface area (Å²) in [5, 5.41) is 3.72. The Hall–Kier alpha value is -0.540. The quantitative estimate of drug-likeness (QED) is 0.749. The monoisotopic (exact) mass is 339 g/mol. The molecule has 1 aliphatic carbocycles. The Bertz CT molecular complexity index is 439. The number of hydrogen-bond donors (Lipinski definition) is 1. The number of nitrogens with one attached hydrogen (secondary N) is 1. The van der Waals surface area contributed by atoms with E-state index in [4.69, 9.17) is 4.74 Å². The number of hydrogen-bond acceptors (Lipinski definition) is 2. The van der Waals surface area contributed by atoms with Crippen molar-refractivity contribution >= 4 is 15.9 Å². The maximum Gasteiger partial charge on any atom is 0.119 e. The second kappa shape index (κ2) is 6.95. The summed E-state index contributed by atoms with van der Waals surface area (Å²) in [6.45, 7) is 5.74. The molecule has 0 atom stereocenters. The standard InChI is InChI=1S/C17H26BrNO/c1-4-17(5-2,12-19-14-6-7-14)11-13-10-15(20-3)8-9-16(13)18/h8-10,14,19H,4-7,11-12H2,1-3H3. The zero-order valence-corrected chi connectivity index (χ0v) is 14.4. The Morgan fingerprint density at radius 3 is 2.55 bits per heavy atom. The van der Waals surface area contributed by atoms with Crippen molar-refractivity contribution in [1.82, 2.24) is 5.32 Å². The molecule has 0 bridgehead atoms. The maximum absolute atomic E-state index is 5.36. The molecule has 2 rings (SSSR count). The van der Waals surface area contributed by atoms with Crippen LogP contribution in [0.2, 0.25) is 0 Å². The van der Waals surface area contributed by atoms with Gasteiger partial charge < -0.3 is 10.1 Å². The van der Waals surface area contributed by atoms with Gasteiger partial charge in [-0.3, -0.25) is 0 Å². The van der Waals surface area contributed by atoms with Crippen LogP contribution in [-0.2, 0) is 6.42 Å². The van der Waals surface area contributed by atoms with E-state index in [2.05, 4.69) is 47.2 Å². The molecule has 0 radical (unpaired) electrons. The lowest BCUT2D eigenvalue weighted by Gasteiger charge is -2.33. The molecular formula is C17H26BrNO. The molecule has 0 aromatic heterocycles. The Balaban J connectivity index is 2.12. The summed E-state index contributed by atoms with van der Waals surface area (Å²) in [6.07, 6.45) is 6.20. The summed E-state index contributed by atoms with van der Waals surface area (Å²) in [4.78, 5) is 0. The van der Waals surface area contributed by atoms with Crippen LogP contribution < -0.4 is 10.1 Å². The number of benzene rings is 1.